The van der Waals surface area contributed by atoms with E-state index in [1.165, 1.54) is 0 Å². The van der Waals surface area contributed by atoms with E-state index in [0.717, 1.165) is 5.56 Å². The average Bonchev–Trinajstić information content (AvgIpc) is 2.92. The van der Waals surface area contributed by atoms with Crippen molar-refractivity contribution >= 4 is 9.84 Å². The first-order valence-corrected chi connectivity index (χ1v) is 8.03. The predicted octanol–water partition coefficient (Wildman–Crippen LogP) is 4.09. The van der Waals surface area contributed by atoms with Gasteiger partial charge < -0.3 is 4.42 Å². The first-order valence-electron chi connectivity index (χ1n) is 6.55. The molecule has 0 fully saturated rings. The number of sulfone groups is 1. The molecule has 1 heterocycles. The van der Waals surface area contributed by atoms with Gasteiger partial charge in [-0.1, -0.05) is 48.5 Å². The highest BCUT2D eigenvalue weighted by Crippen LogP contribution is 2.33. The molecule has 3 rings (SSSR count). The van der Waals surface area contributed by atoms with Crippen LogP contribution in [0.1, 0.15) is 5.76 Å². The Labute approximate surface area is 123 Å². The molecular weight excluding hydrogens is 284 g/mol. The zero-order valence-electron chi connectivity index (χ0n) is 11.5. The van der Waals surface area contributed by atoms with Gasteiger partial charge in [-0.15, -0.1) is 0 Å². The molecule has 2 aromatic carbocycles. The lowest BCUT2D eigenvalue weighted by atomic mass is 10.2. The van der Waals surface area contributed by atoms with Crippen molar-refractivity contribution in [3.8, 4) is 11.3 Å². The number of benzene rings is 2. The zero-order valence-corrected chi connectivity index (χ0v) is 12.3. The molecule has 0 aliphatic carbocycles. The lowest BCUT2D eigenvalue weighted by Gasteiger charge is -2.05. The van der Waals surface area contributed by atoms with E-state index in [1.54, 1.807) is 43.3 Å². The van der Waals surface area contributed by atoms with Gasteiger partial charge >= 0.3 is 0 Å². The molecule has 3 nitrogen and oxygen atoms in total. The molecule has 1 aromatic heterocycles. The summed E-state index contributed by atoms with van der Waals surface area (Å²) in [6.45, 7) is 1.75. The van der Waals surface area contributed by atoms with Crippen molar-refractivity contribution in [1.82, 2.24) is 0 Å². The summed E-state index contributed by atoms with van der Waals surface area (Å²) in [5.41, 5.74) is 0.750. The fraction of sp³-hybridized carbons (Fsp3) is 0.0588. The molecule has 0 radical (unpaired) electrons. The quantitative estimate of drug-likeness (QED) is 0.731. The molecule has 3 aromatic rings. The van der Waals surface area contributed by atoms with Crippen LogP contribution < -0.4 is 0 Å². The van der Waals surface area contributed by atoms with Gasteiger partial charge in [-0.2, -0.15) is 0 Å². The molecule has 0 unspecified atom stereocenters. The van der Waals surface area contributed by atoms with Crippen LogP contribution in [0, 0.1) is 6.92 Å². The minimum Gasteiger partial charge on any atom is -0.460 e. The smallest absolute Gasteiger partial charge is 0.210 e. The van der Waals surface area contributed by atoms with Gasteiger partial charge in [0.1, 0.15) is 10.7 Å². The second kappa shape index (κ2) is 5.22. The molecule has 0 atom stereocenters. The van der Waals surface area contributed by atoms with Crippen LogP contribution in [0.5, 0.6) is 0 Å². The summed E-state index contributed by atoms with van der Waals surface area (Å²) in [5, 5.41) is 0. The number of aryl methyl sites for hydroxylation is 1. The molecule has 0 bridgehead atoms. The van der Waals surface area contributed by atoms with Crippen LogP contribution in [-0.2, 0) is 9.84 Å². The molecule has 106 valence electrons. The lowest BCUT2D eigenvalue weighted by molar-refractivity contribution is 0.542. The SMILES string of the molecule is Cc1cc(S(=O)(=O)c2ccccc2)c(-c2ccccc2)o1. The molecule has 0 aliphatic rings. The third kappa shape index (κ3) is 2.50. The van der Waals surface area contributed by atoms with E-state index < -0.39 is 9.84 Å². The summed E-state index contributed by atoms with van der Waals surface area (Å²) in [6, 6.07) is 19.2. The van der Waals surface area contributed by atoms with E-state index in [0.29, 0.717) is 11.5 Å². The van der Waals surface area contributed by atoms with Crippen LogP contribution in [0.15, 0.2) is 80.9 Å². The minimum absolute atomic E-state index is 0.206. The van der Waals surface area contributed by atoms with Gasteiger partial charge in [0.25, 0.3) is 0 Å². The van der Waals surface area contributed by atoms with Crippen molar-refractivity contribution in [2.75, 3.05) is 0 Å². The van der Waals surface area contributed by atoms with Gasteiger partial charge in [-0.25, -0.2) is 8.42 Å². The largest absolute Gasteiger partial charge is 0.460 e. The average molecular weight is 298 g/mol. The molecule has 0 aliphatic heterocycles. The second-order valence-corrected chi connectivity index (χ2v) is 6.65. The molecule has 0 N–H and O–H groups in total. The number of hydrogen-bond donors (Lipinski definition) is 0. The zero-order chi connectivity index (χ0) is 14.9. The van der Waals surface area contributed by atoms with Crippen molar-refractivity contribution in [2.24, 2.45) is 0 Å². The van der Waals surface area contributed by atoms with Crippen molar-refractivity contribution in [2.45, 2.75) is 16.7 Å². The van der Waals surface area contributed by atoms with Gasteiger partial charge in [-0.05, 0) is 25.1 Å². The number of furan rings is 1. The van der Waals surface area contributed by atoms with E-state index in [9.17, 15) is 8.42 Å². The van der Waals surface area contributed by atoms with Gasteiger partial charge in [0.05, 0.1) is 4.90 Å². The highest BCUT2D eigenvalue weighted by molar-refractivity contribution is 7.91. The fourth-order valence-electron chi connectivity index (χ4n) is 2.21. The van der Waals surface area contributed by atoms with Crippen LogP contribution >= 0.6 is 0 Å². The van der Waals surface area contributed by atoms with Gasteiger partial charge in [0.2, 0.25) is 9.84 Å². The third-order valence-corrected chi connectivity index (χ3v) is 4.98. The Hall–Kier alpha value is -2.33. The monoisotopic (exact) mass is 298 g/mol. The van der Waals surface area contributed by atoms with E-state index >= 15 is 0 Å². The molecule has 0 saturated heterocycles. The molecule has 0 amide bonds. The topological polar surface area (TPSA) is 47.3 Å². The third-order valence-electron chi connectivity index (χ3n) is 3.20. The van der Waals surface area contributed by atoms with Crippen LogP contribution in [0.2, 0.25) is 0 Å². The maximum absolute atomic E-state index is 12.8. The second-order valence-electron chi connectivity index (χ2n) is 4.73. The molecule has 0 spiro atoms. The number of hydrogen-bond acceptors (Lipinski definition) is 3. The maximum Gasteiger partial charge on any atom is 0.210 e. The summed E-state index contributed by atoms with van der Waals surface area (Å²) in [5.74, 6) is 0.959. The summed E-state index contributed by atoms with van der Waals surface area (Å²) in [4.78, 5) is 0.473. The Bertz CT molecular complexity index is 848. The summed E-state index contributed by atoms with van der Waals surface area (Å²) < 4.78 is 31.2. The van der Waals surface area contributed by atoms with Gasteiger partial charge in [0, 0.05) is 5.56 Å². The Balaban J connectivity index is 2.21. The minimum atomic E-state index is -3.59. The molecule has 0 saturated carbocycles. The Morgan fingerprint density at radius 2 is 1.43 bits per heavy atom. The van der Waals surface area contributed by atoms with Crippen LogP contribution in [-0.4, -0.2) is 8.42 Å². The first-order chi connectivity index (χ1) is 10.1. The van der Waals surface area contributed by atoms with E-state index in [1.807, 2.05) is 30.3 Å². The van der Waals surface area contributed by atoms with Crippen molar-refractivity contribution in [3.05, 3.63) is 72.5 Å². The van der Waals surface area contributed by atoms with Crippen molar-refractivity contribution in [1.29, 1.82) is 0 Å². The summed E-state index contributed by atoms with van der Waals surface area (Å²) >= 11 is 0. The highest BCUT2D eigenvalue weighted by Gasteiger charge is 2.25. The van der Waals surface area contributed by atoms with Crippen LogP contribution in [0.25, 0.3) is 11.3 Å². The van der Waals surface area contributed by atoms with Gasteiger partial charge in [-0.3, -0.25) is 0 Å². The van der Waals surface area contributed by atoms with Crippen molar-refractivity contribution in [3.63, 3.8) is 0 Å². The standard InChI is InChI=1S/C17H14O3S/c1-13-12-16(17(20-13)14-8-4-2-5-9-14)21(18,19)15-10-6-3-7-11-15/h2-12H,1H3. The molecular formula is C17H14O3S. The van der Waals surface area contributed by atoms with E-state index in [2.05, 4.69) is 0 Å². The van der Waals surface area contributed by atoms with Crippen molar-refractivity contribution < 1.29 is 12.8 Å². The predicted molar refractivity (Wildman–Crippen MR) is 80.8 cm³/mol. The Morgan fingerprint density at radius 1 is 0.857 bits per heavy atom. The summed E-state index contributed by atoms with van der Waals surface area (Å²) in [6.07, 6.45) is 0. The normalized spacial score (nSPS) is 11.5. The molecule has 21 heavy (non-hydrogen) atoms. The van der Waals surface area contributed by atoms with Gasteiger partial charge in [0.15, 0.2) is 5.76 Å². The van der Waals surface area contributed by atoms with Crippen LogP contribution in [0.3, 0.4) is 0 Å². The summed E-state index contributed by atoms with van der Waals surface area (Å²) in [7, 11) is -3.59. The fourth-order valence-corrected chi connectivity index (χ4v) is 3.70. The highest BCUT2D eigenvalue weighted by atomic mass is 32.2. The Morgan fingerprint density at radius 3 is 2.05 bits per heavy atom. The first kappa shape index (κ1) is 13.6. The molecule has 4 heteroatoms. The van der Waals surface area contributed by atoms with E-state index in [-0.39, 0.29) is 9.79 Å². The number of rotatable bonds is 3. The Kier molecular flexibility index (Phi) is 3.39. The van der Waals surface area contributed by atoms with E-state index in [4.69, 9.17) is 4.42 Å². The van der Waals surface area contributed by atoms with Crippen LogP contribution in [0.4, 0.5) is 0 Å². The maximum atomic E-state index is 12.8. The lowest BCUT2D eigenvalue weighted by Crippen LogP contribution is -2.01.